The summed E-state index contributed by atoms with van der Waals surface area (Å²) in [6, 6.07) is 6.87. The number of nitrogens with zero attached hydrogens (tertiary/aromatic N) is 2. The van der Waals surface area contributed by atoms with E-state index in [0.717, 1.165) is 65.1 Å². The van der Waals surface area contributed by atoms with Crippen molar-refractivity contribution >= 4 is 0 Å². The van der Waals surface area contributed by atoms with Crippen LogP contribution in [0.25, 0.3) is 0 Å². The number of nitrogens with two attached hydrogens (primary N) is 1. The van der Waals surface area contributed by atoms with Gasteiger partial charge in [-0.25, -0.2) is 4.39 Å². The number of hydrogen-bond acceptors (Lipinski definition) is 3. The van der Waals surface area contributed by atoms with Crippen molar-refractivity contribution in [3.8, 4) is 0 Å². The molecule has 0 bridgehead atoms. The van der Waals surface area contributed by atoms with E-state index in [-0.39, 0.29) is 5.82 Å². The van der Waals surface area contributed by atoms with Crippen molar-refractivity contribution in [2.45, 2.75) is 19.3 Å². The first kappa shape index (κ1) is 15.4. The van der Waals surface area contributed by atoms with Crippen molar-refractivity contribution in [1.82, 2.24) is 9.80 Å². The Bertz CT molecular complexity index is 372. The Kier molecular flexibility index (Phi) is 6.43. The second-order valence-corrected chi connectivity index (χ2v) is 5.56. The molecule has 1 aromatic rings. The highest BCUT2D eigenvalue weighted by Gasteiger charge is 2.15. The van der Waals surface area contributed by atoms with E-state index in [9.17, 15) is 4.39 Å². The summed E-state index contributed by atoms with van der Waals surface area (Å²) < 4.78 is 12.8. The fraction of sp³-hybridized carbons (Fsp3) is 0.625. The monoisotopic (exact) mass is 279 g/mol. The zero-order valence-corrected chi connectivity index (χ0v) is 12.2. The molecule has 112 valence electrons. The normalized spacial score (nSPS) is 17.5. The summed E-state index contributed by atoms with van der Waals surface area (Å²) in [5.41, 5.74) is 6.77. The zero-order valence-electron chi connectivity index (χ0n) is 12.2. The molecule has 1 aromatic carbocycles. The van der Waals surface area contributed by atoms with Gasteiger partial charge in [0.2, 0.25) is 0 Å². The predicted molar refractivity (Wildman–Crippen MR) is 81.3 cm³/mol. The van der Waals surface area contributed by atoms with E-state index in [1.807, 2.05) is 12.1 Å². The van der Waals surface area contributed by atoms with Crippen LogP contribution in [0.1, 0.15) is 18.4 Å². The van der Waals surface area contributed by atoms with Crippen molar-refractivity contribution in [3.05, 3.63) is 35.6 Å². The van der Waals surface area contributed by atoms with Crippen LogP contribution in [0.3, 0.4) is 0 Å². The number of piperazine rings is 1. The highest BCUT2D eigenvalue weighted by Crippen LogP contribution is 2.08. The Morgan fingerprint density at radius 3 is 2.00 bits per heavy atom. The molecule has 3 nitrogen and oxygen atoms in total. The Hall–Kier alpha value is -0.970. The molecule has 0 saturated carbocycles. The van der Waals surface area contributed by atoms with Gasteiger partial charge in [0.05, 0.1) is 0 Å². The minimum absolute atomic E-state index is 0.151. The van der Waals surface area contributed by atoms with E-state index in [1.54, 1.807) is 12.1 Å². The van der Waals surface area contributed by atoms with Gasteiger partial charge in [-0.1, -0.05) is 12.1 Å². The average Bonchev–Trinajstić information content (AvgIpc) is 2.48. The van der Waals surface area contributed by atoms with E-state index >= 15 is 0 Å². The summed E-state index contributed by atoms with van der Waals surface area (Å²) in [5.74, 6) is -0.151. The lowest BCUT2D eigenvalue weighted by atomic mass is 10.1. The van der Waals surface area contributed by atoms with Gasteiger partial charge in [-0.05, 0) is 56.6 Å². The van der Waals surface area contributed by atoms with E-state index < -0.39 is 0 Å². The van der Waals surface area contributed by atoms with Crippen molar-refractivity contribution in [1.29, 1.82) is 0 Å². The van der Waals surface area contributed by atoms with Gasteiger partial charge in [-0.2, -0.15) is 0 Å². The topological polar surface area (TPSA) is 32.5 Å². The molecule has 20 heavy (non-hydrogen) atoms. The van der Waals surface area contributed by atoms with Crippen LogP contribution in [0.2, 0.25) is 0 Å². The van der Waals surface area contributed by atoms with E-state index in [2.05, 4.69) is 9.80 Å². The first-order valence-electron chi connectivity index (χ1n) is 7.67. The molecule has 1 aliphatic rings. The van der Waals surface area contributed by atoms with Crippen LogP contribution < -0.4 is 5.73 Å². The summed E-state index contributed by atoms with van der Waals surface area (Å²) >= 11 is 0. The van der Waals surface area contributed by atoms with E-state index in [0.29, 0.717) is 0 Å². The summed E-state index contributed by atoms with van der Waals surface area (Å²) in [5, 5.41) is 0. The molecule has 2 rings (SSSR count). The van der Waals surface area contributed by atoms with Crippen LogP contribution >= 0.6 is 0 Å². The van der Waals surface area contributed by atoms with Gasteiger partial charge < -0.3 is 15.5 Å². The third-order valence-corrected chi connectivity index (χ3v) is 4.00. The van der Waals surface area contributed by atoms with Crippen molar-refractivity contribution in [3.63, 3.8) is 0 Å². The molecule has 1 fully saturated rings. The molecule has 0 spiro atoms. The standard InChI is InChI=1S/C16H26FN3/c17-16-6-4-15(5-7-16)3-1-9-19-11-13-20(14-12-19)10-2-8-18/h4-7H,1-3,8-14,18H2. The van der Waals surface area contributed by atoms with Crippen LogP contribution in [0.4, 0.5) is 4.39 Å². The van der Waals surface area contributed by atoms with Gasteiger partial charge in [0, 0.05) is 26.2 Å². The summed E-state index contributed by atoms with van der Waals surface area (Å²) in [4.78, 5) is 5.03. The number of halogens is 1. The van der Waals surface area contributed by atoms with Gasteiger partial charge in [0.25, 0.3) is 0 Å². The summed E-state index contributed by atoms with van der Waals surface area (Å²) in [6.45, 7) is 7.72. The molecule has 1 saturated heterocycles. The van der Waals surface area contributed by atoms with Crippen LogP contribution in [0.15, 0.2) is 24.3 Å². The lowest BCUT2D eigenvalue weighted by Crippen LogP contribution is -2.47. The molecule has 0 unspecified atom stereocenters. The number of hydrogen-bond donors (Lipinski definition) is 1. The Morgan fingerprint density at radius 2 is 1.45 bits per heavy atom. The lowest BCUT2D eigenvalue weighted by Gasteiger charge is -2.34. The first-order chi connectivity index (χ1) is 9.78. The Balaban J connectivity index is 1.60. The quantitative estimate of drug-likeness (QED) is 0.825. The smallest absolute Gasteiger partial charge is 0.123 e. The fourth-order valence-corrected chi connectivity index (χ4v) is 2.71. The molecule has 2 N–H and O–H groups in total. The second kappa shape index (κ2) is 8.35. The fourth-order valence-electron chi connectivity index (χ4n) is 2.71. The Morgan fingerprint density at radius 1 is 0.900 bits per heavy atom. The molecular formula is C16H26FN3. The van der Waals surface area contributed by atoms with Gasteiger partial charge in [0.15, 0.2) is 0 Å². The molecule has 0 amide bonds. The largest absolute Gasteiger partial charge is 0.330 e. The molecule has 0 radical (unpaired) electrons. The average molecular weight is 279 g/mol. The third-order valence-electron chi connectivity index (χ3n) is 4.00. The molecule has 0 aromatic heterocycles. The van der Waals surface area contributed by atoms with Crippen LogP contribution in [-0.2, 0) is 6.42 Å². The predicted octanol–water partition coefficient (Wildman–Crippen LogP) is 1.72. The van der Waals surface area contributed by atoms with Crippen molar-refractivity contribution < 1.29 is 4.39 Å². The molecule has 4 heteroatoms. The van der Waals surface area contributed by atoms with Gasteiger partial charge in [0.1, 0.15) is 5.82 Å². The zero-order chi connectivity index (χ0) is 14.2. The van der Waals surface area contributed by atoms with Crippen LogP contribution in [0.5, 0.6) is 0 Å². The maximum atomic E-state index is 12.8. The molecule has 0 atom stereocenters. The van der Waals surface area contributed by atoms with Gasteiger partial charge >= 0.3 is 0 Å². The van der Waals surface area contributed by atoms with Crippen LogP contribution in [-0.4, -0.2) is 55.6 Å². The SMILES string of the molecule is NCCCN1CCN(CCCc2ccc(F)cc2)CC1. The maximum Gasteiger partial charge on any atom is 0.123 e. The van der Waals surface area contributed by atoms with Gasteiger partial charge in [-0.3, -0.25) is 0 Å². The third kappa shape index (κ3) is 5.19. The maximum absolute atomic E-state index is 12.8. The number of benzene rings is 1. The highest BCUT2D eigenvalue weighted by molar-refractivity contribution is 5.15. The molecular weight excluding hydrogens is 253 g/mol. The number of aryl methyl sites for hydroxylation is 1. The highest BCUT2D eigenvalue weighted by atomic mass is 19.1. The van der Waals surface area contributed by atoms with E-state index in [1.165, 1.54) is 5.56 Å². The summed E-state index contributed by atoms with van der Waals surface area (Å²) in [7, 11) is 0. The van der Waals surface area contributed by atoms with E-state index in [4.69, 9.17) is 5.73 Å². The Labute approximate surface area is 121 Å². The van der Waals surface area contributed by atoms with Gasteiger partial charge in [-0.15, -0.1) is 0 Å². The van der Waals surface area contributed by atoms with Crippen molar-refractivity contribution in [2.75, 3.05) is 45.8 Å². The second-order valence-electron chi connectivity index (χ2n) is 5.56. The minimum Gasteiger partial charge on any atom is -0.330 e. The first-order valence-corrected chi connectivity index (χ1v) is 7.67. The molecule has 1 aliphatic heterocycles. The minimum atomic E-state index is -0.151. The lowest BCUT2D eigenvalue weighted by molar-refractivity contribution is 0.131. The van der Waals surface area contributed by atoms with Crippen molar-refractivity contribution in [2.24, 2.45) is 5.73 Å². The molecule has 1 heterocycles. The van der Waals surface area contributed by atoms with Crippen LogP contribution in [0, 0.1) is 5.82 Å². The number of rotatable bonds is 7. The molecule has 0 aliphatic carbocycles. The summed E-state index contributed by atoms with van der Waals surface area (Å²) in [6.07, 6.45) is 3.28.